The monoisotopic (exact) mass is 334 g/mol. The Morgan fingerprint density at radius 2 is 1.32 bits per heavy atom. The summed E-state index contributed by atoms with van der Waals surface area (Å²) in [6, 6.07) is 21.1. The highest BCUT2D eigenvalue weighted by atomic mass is 16.1. The van der Waals surface area contributed by atoms with Gasteiger partial charge in [0, 0.05) is 18.3 Å². The van der Waals surface area contributed by atoms with Crippen LogP contribution in [0.3, 0.4) is 0 Å². The summed E-state index contributed by atoms with van der Waals surface area (Å²) in [5, 5.41) is 0. The summed E-state index contributed by atoms with van der Waals surface area (Å²) in [5.41, 5.74) is 2.38. The molecule has 0 aromatic heterocycles. The smallest absolute Gasteiger partial charge is 0.198 e. The fourth-order valence-electron chi connectivity index (χ4n) is 4.10. The minimum absolute atomic E-state index is 0.164. The average molecular weight is 334 g/mol. The first-order valence-corrected chi connectivity index (χ1v) is 9.10. The van der Waals surface area contributed by atoms with Crippen LogP contribution in [0.2, 0.25) is 0 Å². The van der Waals surface area contributed by atoms with Crippen LogP contribution in [0.1, 0.15) is 56.6 Å². The van der Waals surface area contributed by atoms with Crippen LogP contribution in [0.25, 0.3) is 0 Å². The van der Waals surface area contributed by atoms with Gasteiger partial charge in [-0.2, -0.15) is 0 Å². The van der Waals surface area contributed by atoms with E-state index in [9.17, 15) is 9.59 Å². The van der Waals surface area contributed by atoms with Crippen LogP contribution in [-0.2, 0) is 15.0 Å². The van der Waals surface area contributed by atoms with E-state index in [-0.39, 0.29) is 11.3 Å². The summed E-state index contributed by atoms with van der Waals surface area (Å²) < 4.78 is 0. The molecule has 0 spiro atoms. The van der Waals surface area contributed by atoms with E-state index in [1.165, 1.54) is 11.1 Å². The fourth-order valence-corrected chi connectivity index (χ4v) is 4.10. The van der Waals surface area contributed by atoms with Gasteiger partial charge >= 0.3 is 0 Å². The van der Waals surface area contributed by atoms with E-state index in [1.807, 2.05) is 18.4 Å². The van der Waals surface area contributed by atoms with Gasteiger partial charge in [0.15, 0.2) is 12.6 Å². The van der Waals surface area contributed by atoms with Gasteiger partial charge in [0.2, 0.25) is 0 Å². The zero-order valence-electron chi connectivity index (χ0n) is 14.9. The van der Waals surface area contributed by atoms with Gasteiger partial charge in [-0.05, 0) is 42.7 Å². The first kappa shape index (κ1) is 19.1. The molecule has 0 N–H and O–H groups in total. The molecule has 0 aliphatic rings. The SMILES string of the molecule is CCC(c1ccccc1)(c1ccccc1)C(CC[C]=O)CCC[C]=O. The highest BCUT2D eigenvalue weighted by Gasteiger charge is 2.39. The predicted octanol–water partition coefficient (Wildman–Crippen LogP) is 5.17. The summed E-state index contributed by atoms with van der Waals surface area (Å²) in [6.07, 6.45) is 8.35. The van der Waals surface area contributed by atoms with Crippen molar-refractivity contribution >= 4 is 12.6 Å². The molecule has 2 radical (unpaired) electrons. The third-order valence-electron chi connectivity index (χ3n) is 5.26. The van der Waals surface area contributed by atoms with E-state index >= 15 is 0 Å². The van der Waals surface area contributed by atoms with Crippen LogP contribution in [0.15, 0.2) is 60.7 Å². The topological polar surface area (TPSA) is 34.1 Å². The second-order valence-corrected chi connectivity index (χ2v) is 6.47. The number of unbranched alkanes of at least 4 members (excludes halogenated alkanes) is 1. The van der Waals surface area contributed by atoms with Crippen molar-refractivity contribution in [2.75, 3.05) is 0 Å². The van der Waals surface area contributed by atoms with Crippen LogP contribution in [0.4, 0.5) is 0 Å². The summed E-state index contributed by atoms with van der Waals surface area (Å²) >= 11 is 0. The first-order chi connectivity index (χ1) is 12.3. The Morgan fingerprint density at radius 3 is 1.76 bits per heavy atom. The highest BCUT2D eigenvalue weighted by molar-refractivity contribution is 5.51. The minimum Gasteiger partial charge on any atom is -0.291 e. The molecule has 2 heteroatoms. The van der Waals surface area contributed by atoms with E-state index in [2.05, 4.69) is 61.7 Å². The van der Waals surface area contributed by atoms with Crippen LogP contribution in [-0.4, -0.2) is 12.6 Å². The Morgan fingerprint density at radius 1 is 0.800 bits per heavy atom. The maximum atomic E-state index is 10.9. The lowest BCUT2D eigenvalue weighted by molar-refractivity contribution is 0.271. The summed E-state index contributed by atoms with van der Waals surface area (Å²) in [7, 11) is 0. The third kappa shape index (κ3) is 4.45. The maximum Gasteiger partial charge on any atom is 0.198 e. The van der Waals surface area contributed by atoms with Crippen molar-refractivity contribution < 1.29 is 9.59 Å². The van der Waals surface area contributed by atoms with Gasteiger partial charge in [-0.15, -0.1) is 0 Å². The molecule has 2 aromatic rings. The van der Waals surface area contributed by atoms with E-state index in [4.69, 9.17) is 0 Å². The molecule has 2 rings (SSSR count). The van der Waals surface area contributed by atoms with Gasteiger partial charge in [-0.25, -0.2) is 0 Å². The molecule has 2 aromatic carbocycles. The van der Waals surface area contributed by atoms with E-state index in [1.54, 1.807) is 0 Å². The van der Waals surface area contributed by atoms with Gasteiger partial charge in [-0.1, -0.05) is 67.6 Å². The largest absolute Gasteiger partial charge is 0.291 e. The molecular weight excluding hydrogens is 308 g/mol. The van der Waals surface area contributed by atoms with E-state index in [0.29, 0.717) is 12.8 Å². The number of hydrogen-bond acceptors (Lipinski definition) is 2. The molecule has 0 saturated carbocycles. The van der Waals surface area contributed by atoms with Crippen molar-refractivity contribution in [3.05, 3.63) is 71.8 Å². The molecule has 0 aliphatic heterocycles. The lowest BCUT2D eigenvalue weighted by Crippen LogP contribution is -2.36. The second-order valence-electron chi connectivity index (χ2n) is 6.47. The summed E-state index contributed by atoms with van der Waals surface area (Å²) in [4.78, 5) is 21.6. The molecule has 0 bridgehead atoms. The van der Waals surface area contributed by atoms with Crippen LogP contribution >= 0.6 is 0 Å². The van der Waals surface area contributed by atoms with E-state index < -0.39 is 0 Å². The van der Waals surface area contributed by atoms with Crippen LogP contribution in [0.5, 0.6) is 0 Å². The average Bonchev–Trinajstić information content (AvgIpc) is 2.68. The molecule has 0 saturated heterocycles. The molecule has 0 amide bonds. The molecule has 25 heavy (non-hydrogen) atoms. The molecule has 130 valence electrons. The second kappa shape index (κ2) is 9.93. The van der Waals surface area contributed by atoms with Crippen molar-refractivity contribution in [1.29, 1.82) is 0 Å². The molecular formula is C23H26O2. The van der Waals surface area contributed by atoms with Gasteiger partial charge in [0.25, 0.3) is 0 Å². The Hall–Kier alpha value is -2.22. The van der Waals surface area contributed by atoms with Gasteiger partial charge in [0.1, 0.15) is 0 Å². The van der Waals surface area contributed by atoms with Crippen LogP contribution < -0.4 is 0 Å². The predicted molar refractivity (Wildman–Crippen MR) is 102 cm³/mol. The summed E-state index contributed by atoms with van der Waals surface area (Å²) in [5.74, 6) is 0.275. The van der Waals surface area contributed by atoms with Crippen molar-refractivity contribution in [2.24, 2.45) is 5.92 Å². The molecule has 0 heterocycles. The van der Waals surface area contributed by atoms with Gasteiger partial charge in [-0.3, -0.25) is 9.59 Å². The summed E-state index contributed by atoms with van der Waals surface area (Å²) in [6.45, 7) is 2.21. The number of carbonyl (C=O) groups excluding carboxylic acids is 2. The van der Waals surface area contributed by atoms with Crippen molar-refractivity contribution in [1.82, 2.24) is 0 Å². The number of rotatable bonds is 11. The minimum atomic E-state index is -0.164. The quantitative estimate of drug-likeness (QED) is 0.531. The lowest BCUT2D eigenvalue weighted by Gasteiger charge is -2.42. The lowest BCUT2D eigenvalue weighted by atomic mass is 9.61. The highest BCUT2D eigenvalue weighted by Crippen LogP contribution is 2.46. The Bertz CT molecular complexity index is 594. The first-order valence-electron chi connectivity index (χ1n) is 9.10. The van der Waals surface area contributed by atoms with Crippen molar-refractivity contribution in [2.45, 2.75) is 50.9 Å². The number of hydrogen-bond donors (Lipinski definition) is 0. The maximum absolute atomic E-state index is 10.9. The fraction of sp³-hybridized carbons (Fsp3) is 0.391. The van der Waals surface area contributed by atoms with Gasteiger partial charge < -0.3 is 0 Å². The molecule has 0 fully saturated rings. The van der Waals surface area contributed by atoms with Crippen molar-refractivity contribution in [3.8, 4) is 0 Å². The normalized spacial score (nSPS) is 12.5. The Balaban J connectivity index is 2.53. The molecule has 1 unspecified atom stereocenters. The molecule has 1 atom stereocenters. The Labute approximate surface area is 151 Å². The zero-order chi connectivity index (χ0) is 18.0. The van der Waals surface area contributed by atoms with Crippen LogP contribution in [0, 0.1) is 5.92 Å². The van der Waals surface area contributed by atoms with E-state index in [0.717, 1.165) is 25.7 Å². The Kier molecular flexibility index (Phi) is 7.59. The standard InChI is InChI=1S/C23H26O2/c1-2-23(20-12-5-3-6-13-20,21-14-7-4-8-15-21)22(17-11-19-25)16-9-10-18-24/h3-8,12-15,22H,2,9-11,16-17H2,1H3. The molecule has 2 nitrogen and oxygen atoms in total. The number of benzene rings is 2. The zero-order valence-corrected chi connectivity index (χ0v) is 14.9. The molecule has 0 aliphatic carbocycles. The van der Waals surface area contributed by atoms with Crippen molar-refractivity contribution in [3.63, 3.8) is 0 Å². The third-order valence-corrected chi connectivity index (χ3v) is 5.26. The van der Waals surface area contributed by atoms with Gasteiger partial charge in [0.05, 0.1) is 0 Å².